The molecule has 0 aliphatic carbocycles. The van der Waals surface area contributed by atoms with E-state index in [9.17, 15) is 4.79 Å². The number of carbonyl (C=O) groups excluding carboxylic acids is 1. The van der Waals surface area contributed by atoms with E-state index in [1.54, 1.807) is 11.8 Å². The van der Waals surface area contributed by atoms with E-state index in [1.165, 1.54) is 6.21 Å². The van der Waals surface area contributed by atoms with Gasteiger partial charge in [0, 0.05) is 18.3 Å². The maximum absolute atomic E-state index is 11.9. The molecule has 1 heterocycles. The van der Waals surface area contributed by atoms with Gasteiger partial charge in [-0.15, -0.1) is 0 Å². The number of nitrogens with zero attached hydrogens (tertiary/aromatic N) is 3. The second-order valence-electron chi connectivity index (χ2n) is 6.24. The molecule has 2 N–H and O–H groups in total. The maximum atomic E-state index is 11.9. The van der Waals surface area contributed by atoms with Crippen molar-refractivity contribution >= 4 is 29.4 Å². The lowest BCUT2D eigenvalue weighted by molar-refractivity contribution is -0.119. The highest BCUT2D eigenvalue weighted by Crippen LogP contribution is 2.19. The zero-order valence-corrected chi connectivity index (χ0v) is 16.2. The van der Waals surface area contributed by atoms with E-state index >= 15 is 0 Å². The van der Waals surface area contributed by atoms with Gasteiger partial charge in [0.2, 0.25) is 0 Å². The largest absolute Gasteiger partial charge is 0.497 e. The summed E-state index contributed by atoms with van der Waals surface area (Å²) in [6.07, 6.45) is 1.52. The first-order valence-corrected chi connectivity index (χ1v) is 8.71. The molecule has 1 amide bonds. The number of carbonyl (C=O) groups is 1. The van der Waals surface area contributed by atoms with E-state index in [1.807, 2.05) is 31.2 Å². The number of methoxy groups -OCH3 is 1. The van der Waals surface area contributed by atoms with Gasteiger partial charge in [-0.3, -0.25) is 9.48 Å². The fraction of sp³-hybridized carbons (Fsp3) is 0.389. The summed E-state index contributed by atoms with van der Waals surface area (Å²) in [7, 11) is 1.59. The summed E-state index contributed by atoms with van der Waals surface area (Å²) in [5.74, 6) is 0.878. The molecule has 0 aliphatic heterocycles. The minimum absolute atomic E-state index is 0.0871. The molecule has 2 aromatic rings. The van der Waals surface area contributed by atoms with Crippen molar-refractivity contribution in [2.24, 2.45) is 11.0 Å². The van der Waals surface area contributed by atoms with Gasteiger partial charge in [0.25, 0.3) is 5.91 Å². The van der Waals surface area contributed by atoms with Gasteiger partial charge in [0.1, 0.15) is 10.9 Å². The van der Waals surface area contributed by atoms with Crippen LogP contribution in [-0.4, -0.2) is 35.6 Å². The summed E-state index contributed by atoms with van der Waals surface area (Å²) in [5.41, 5.74) is 4.73. The zero-order chi connectivity index (χ0) is 19.1. The van der Waals surface area contributed by atoms with Crippen molar-refractivity contribution in [1.29, 1.82) is 0 Å². The molecule has 7 nitrogen and oxygen atoms in total. The Labute approximate surface area is 158 Å². The topological polar surface area (TPSA) is 80.5 Å². The number of ether oxygens (including phenoxy) is 1. The van der Waals surface area contributed by atoms with Gasteiger partial charge >= 0.3 is 0 Å². The van der Waals surface area contributed by atoms with Crippen molar-refractivity contribution in [1.82, 2.24) is 15.2 Å². The Bertz CT molecular complexity index is 786. The third-order valence-electron chi connectivity index (χ3n) is 3.55. The van der Waals surface area contributed by atoms with Gasteiger partial charge in [-0.05, 0) is 25.0 Å². The third kappa shape index (κ3) is 5.49. The van der Waals surface area contributed by atoms with Gasteiger partial charge in [-0.2, -0.15) is 10.2 Å². The first-order chi connectivity index (χ1) is 12.4. The first-order valence-electron chi connectivity index (χ1n) is 8.33. The number of nitrogens with one attached hydrogen (secondary N) is 2. The smallest absolute Gasteiger partial charge is 0.259 e. The maximum Gasteiger partial charge on any atom is 0.259 e. The van der Waals surface area contributed by atoms with Crippen LogP contribution in [0.4, 0.5) is 5.69 Å². The predicted molar refractivity (Wildman–Crippen MR) is 104 cm³/mol. The summed E-state index contributed by atoms with van der Waals surface area (Å²) in [6, 6.07) is 7.34. The monoisotopic (exact) mass is 377 g/mol. The van der Waals surface area contributed by atoms with E-state index in [0.717, 1.165) is 23.7 Å². The molecule has 0 unspecified atom stereocenters. The highest BCUT2D eigenvalue weighted by atomic mass is 35.5. The Morgan fingerprint density at radius 1 is 1.46 bits per heavy atom. The van der Waals surface area contributed by atoms with Crippen molar-refractivity contribution in [3.8, 4) is 5.75 Å². The standard InChI is InChI=1S/C18H24ClN5O2/c1-12(2)11-24-18(19)16(13(3)23-24)9-21-22-17(25)10-20-14-6-5-7-15(8-14)26-4/h5-9,12,20H,10-11H2,1-4H3,(H,22,25)/b21-9-. The zero-order valence-electron chi connectivity index (χ0n) is 15.4. The number of hydrogen-bond donors (Lipinski definition) is 2. The van der Waals surface area contributed by atoms with Crippen LogP contribution in [0.15, 0.2) is 29.4 Å². The van der Waals surface area contributed by atoms with E-state index in [2.05, 4.69) is 34.8 Å². The van der Waals surface area contributed by atoms with Gasteiger partial charge in [-0.25, -0.2) is 5.43 Å². The summed E-state index contributed by atoms with van der Waals surface area (Å²) in [6.45, 7) is 6.86. The second-order valence-corrected chi connectivity index (χ2v) is 6.60. The van der Waals surface area contributed by atoms with Crippen LogP contribution in [0.25, 0.3) is 0 Å². The summed E-state index contributed by atoms with van der Waals surface area (Å²) >= 11 is 6.33. The number of benzene rings is 1. The molecule has 1 aromatic heterocycles. The van der Waals surface area contributed by atoms with Crippen molar-refractivity contribution in [2.75, 3.05) is 19.0 Å². The van der Waals surface area contributed by atoms with Crippen LogP contribution in [-0.2, 0) is 11.3 Å². The fourth-order valence-corrected chi connectivity index (χ4v) is 2.60. The Kier molecular flexibility index (Phi) is 7.03. The highest BCUT2D eigenvalue weighted by molar-refractivity contribution is 6.32. The van der Waals surface area contributed by atoms with Crippen LogP contribution in [0.3, 0.4) is 0 Å². The molecule has 0 saturated heterocycles. The summed E-state index contributed by atoms with van der Waals surface area (Å²) < 4.78 is 6.88. The lowest BCUT2D eigenvalue weighted by Gasteiger charge is -2.07. The molecule has 0 saturated carbocycles. The molecular weight excluding hydrogens is 354 g/mol. The number of aryl methyl sites for hydroxylation is 1. The highest BCUT2D eigenvalue weighted by Gasteiger charge is 2.12. The van der Waals surface area contributed by atoms with Crippen molar-refractivity contribution < 1.29 is 9.53 Å². The molecule has 0 aliphatic rings. The minimum Gasteiger partial charge on any atom is -0.497 e. The van der Waals surface area contributed by atoms with Gasteiger partial charge in [-0.1, -0.05) is 31.5 Å². The molecular formula is C18H24ClN5O2. The molecule has 0 radical (unpaired) electrons. The molecule has 1 aromatic carbocycles. The average molecular weight is 378 g/mol. The molecule has 0 spiro atoms. The minimum atomic E-state index is -0.271. The average Bonchev–Trinajstić information content (AvgIpc) is 2.87. The van der Waals surface area contributed by atoms with Gasteiger partial charge in [0.05, 0.1) is 31.1 Å². The molecule has 8 heteroatoms. The van der Waals surface area contributed by atoms with Crippen molar-refractivity contribution in [3.63, 3.8) is 0 Å². The molecule has 0 bridgehead atoms. The lowest BCUT2D eigenvalue weighted by Crippen LogP contribution is -2.25. The van der Waals surface area contributed by atoms with E-state index in [0.29, 0.717) is 16.6 Å². The molecule has 0 atom stereocenters. The van der Waals surface area contributed by atoms with Crippen molar-refractivity contribution in [2.45, 2.75) is 27.3 Å². The number of amides is 1. The van der Waals surface area contributed by atoms with Gasteiger partial charge in [0.15, 0.2) is 0 Å². The summed E-state index contributed by atoms with van der Waals surface area (Å²) in [4.78, 5) is 11.9. The number of rotatable bonds is 8. The Hall–Kier alpha value is -2.54. The molecule has 0 fully saturated rings. The van der Waals surface area contributed by atoms with E-state index < -0.39 is 0 Å². The summed E-state index contributed by atoms with van der Waals surface area (Å²) in [5, 5.41) is 11.9. The quantitative estimate of drug-likeness (QED) is 0.547. The molecule has 26 heavy (non-hydrogen) atoms. The van der Waals surface area contributed by atoms with Crippen LogP contribution in [0.5, 0.6) is 5.75 Å². The van der Waals surface area contributed by atoms with E-state index in [4.69, 9.17) is 16.3 Å². The Morgan fingerprint density at radius 2 is 2.23 bits per heavy atom. The third-order valence-corrected chi connectivity index (χ3v) is 3.95. The molecule has 140 valence electrons. The van der Waals surface area contributed by atoms with Crippen LogP contribution in [0.1, 0.15) is 25.1 Å². The number of anilines is 1. The number of hydrazone groups is 1. The van der Waals surface area contributed by atoms with Crippen LogP contribution < -0.4 is 15.5 Å². The lowest BCUT2D eigenvalue weighted by atomic mass is 10.2. The van der Waals surface area contributed by atoms with Crippen molar-refractivity contribution in [3.05, 3.63) is 40.7 Å². The molecule has 2 rings (SSSR count). The normalized spacial score (nSPS) is 11.2. The predicted octanol–water partition coefficient (Wildman–Crippen LogP) is 3.07. The SMILES string of the molecule is COc1cccc(NCC(=O)N/N=C\c2c(C)nn(CC(C)C)c2Cl)c1. The van der Waals surface area contributed by atoms with E-state index in [-0.39, 0.29) is 12.5 Å². The first kappa shape index (κ1) is 19.8. The van der Waals surface area contributed by atoms with Crippen LogP contribution in [0, 0.1) is 12.8 Å². The van der Waals surface area contributed by atoms with Crippen LogP contribution in [0.2, 0.25) is 5.15 Å². The second kappa shape index (κ2) is 9.24. The number of halogens is 1. The number of aromatic nitrogens is 2. The Morgan fingerprint density at radius 3 is 2.92 bits per heavy atom. The number of hydrogen-bond acceptors (Lipinski definition) is 5. The Balaban J connectivity index is 1.89. The fourth-order valence-electron chi connectivity index (χ4n) is 2.30. The van der Waals surface area contributed by atoms with Gasteiger partial charge < -0.3 is 10.1 Å². The van der Waals surface area contributed by atoms with Crippen LogP contribution >= 0.6 is 11.6 Å².